The smallest absolute Gasteiger partial charge is 0.127 e. The highest BCUT2D eigenvalue weighted by atomic mass is 32.1. The van der Waals surface area contributed by atoms with Crippen molar-refractivity contribution >= 4 is 21.6 Å². The molecule has 124 valence electrons. The molecule has 2 aliphatic rings. The summed E-state index contributed by atoms with van der Waals surface area (Å²) in [6.07, 6.45) is 11.0. The third kappa shape index (κ3) is 3.43. The van der Waals surface area contributed by atoms with E-state index in [0.29, 0.717) is 0 Å². The second kappa shape index (κ2) is 6.86. The number of nitrogens with zero attached hydrogens (tertiary/aromatic N) is 3. The topological polar surface area (TPSA) is 29.0 Å². The van der Waals surface area contributed by atoms with Crippen molar-refractivity contribution in [2.24, 2.45) is 0 Å². The number of piperidine rings is 1. The van der Waals surface area contributed by atoms with E-state index in [-0.39, 0.29) is 0 Å². The molecule has 0 spiro atoms. The summed E-state index contributed by atoms with van der Waals surface area (Å²) in [5.74, 6) is 1.70. The molecule has 0 amide bonds. The lowest BCUT2D eigenvalue weighted by atomic mass is 9.88. The van der Waals surface area contributed by atoms with Gasteiger partial charge in [-0.2, -0.15) is 0 Å². The van der Waals surface area contributed by atoms with Gasteiger partial charge >= 0.3 is 0 Å². The highest BCUT2D eigenvalue weighted by Gasteiger charge is 2.21. The lowest BCUT2D eigenvalue weighted by molar-refractivity contribution is 0.219. The van der Waals surface area contributed by atoms with Crippen LogP contribution in [0.5, 0.6) is 0 Å². The Morgan fingerprint density at radius 3 is 2.57 bits per heavy atom. The average molecular weight is 330 g/mol. The Morgan fingerprint density at radius 1 is 1.04 bits per heavy atom. The number of hydrogen-bond donors (Lipinski definition) is 0. The molecule has 1 saturated heterocycles. The van der Waals surface area contributed by atoms with Crippen LogP contribution < -0.4 is 0 Å². The van der Waals surface area contributed by atoms with Crippen molar-refractivity contribution in [2.75, 3.05) is 13.1 Å². The van der Waals surface area contributed by atoms with Crippen LogP contribution in [0.2, 0.25) is 0 Å². The van der Waals surface area contributed by atoms with Crippen LogP contribution >= 0.6 is 11.3 Å². The van der Waals surface area contributed by atoms with Crippen LogP contribution in [-0.2, 0) is 6.54 Å². The number of thiophene rings is 1. The molecule has 3 nitrogen and oxygen atoms in total. The summed E-state index contributed by atoms with van der Waals surface area (Å²) in [5, 5.41) is 1.33. The zero-order chi connectivity index (χ0) is 15.6. The van der Waals surface area contributed by atoms with Crippen molar-refractivity contribution in [3.05, 3.63) is 22.5 Å². The second-order valence-electron chi connectivity index (χ2n) is 7.26. The molecule has 0 atom stereocenters. The molecule has 0 aromatic carbocycles. The van der Waals surface area contributed by atoms with Crippen LogP contribution in [0.25, 0.3) is 10.2 Å². The summed E-state index contributed by atoms with van der Waals surface area (Å²) >= 11 is 1.92. The zero-order valence-electron chi connectivity index (χ0n) is 14.2. The van der Waals surface area contributed by atoms with Gasteiger partial charge in [-0.15, -0.1) is 11.3 Å². The first-order valence-electron chi connectivity index (χ1n) is 9.29. The van der Waals surface area contributed by atoms with E-state index in [2.05, 4.69) is 11.0 Å². The number of hydrogen-bond acceptors (Lipinski definition) is 4. The quantitative estimate of drug-likeness (QED) is 0.790. The summed E-state index contributed by atoms with van der Waals surface area (Å²) in [6.45, 7) is 5.49. The van der Waals surface area contributed by atoms with Gasteiger partial charge in [0.05, 0.1) is 5.69 Å². The summed E-state index contributed by atoms with van der Waals surface area (Å²) in [4.78, 5) is 14.9. The molecule has 2 aromatic heterocycles. The molecule has 0 bridgehead atoms. The van der Waals surface area contributed by atoms with Gasteiger partial charge in [0.15, 0.2) is 0 Å². The molecule has 1 aliphatic carbocycles. The third-order valence-corrected chi connectivity index (χ3v) is 6.62. The van der Waals surface area contributed by atoms with Crippen LogP contribution in [0.3, 0.4) is 0 Å². The predicted molar refractivity (Wildman–Crippen MR) is 97.1 cm³/mol. The SMILES string of the molecule is Cc1nc(CN2CCCCC2)c2cc(C3CCCCC3)sc2n1. The van der Waals surface area contributed by atoms with Gasteiger partial charge in [-0.1, -0.05) is 25.7 Å². The Morgan fingerprint density at radius 2 is 1.78 bits per heavy atom. The minimum atomic E-state index is 0.770. The molecule has 1 aliphatic heterocycles. The maximum Gasteiger partial charge on any atom is 0.127 e. The van der Waals surface area contributed by atoms with E-state index in [1.165, 1.54) is 80.4 Å². The predicted octanol–water partition coefficient (Wildman–Crippen LogP) is 5.03. The van der Waals surface area contributed by atoms with E-state index < -0.39 is 0 Å². The van der Waals surface area contributed by atoms with E-state index in [0.717, 1.165) is 18.3 Å². The summed E-state index contributed by atoms with van der Waals surface area (Å²) in [5.41, 5.74) is 1.26. The first-order valence-corrected chi connectivity index (χ1v) is 10.1. The molecule has 4 rings (SSSR count). The van der Waals surface area contributed by atoms with Crippen LogP contribution in [0.1, 0.15) is 73.7 Å². The maximum absolute atomic E-state index is 4.81. The van der Waals surface area contributed by atoms with Crippen LogP contribution in [0, 0.1) is 6.92 Å². The Bertz CT molecular complexity index is 667. The normalized spacial score (nSPS) is 21.1. The van der Waals surface area contributed by atoms with Gasteiger partial charge in [0.2, 0.25) is 0 Å². The van der Waals surface area contributed by atoms with Crippen molar-refractivity contribution in [2.45, 2.75) is 70.8 Å². The van der Waals surface area contributed by atoms with Crippen LogP contribution in [0.15, 0.2) is 6.07 Å². The lowest BCUT2D eigenvalue weighted by Crippen LogP contribution is -2.29. The van der Waals surface area contributed by atoms with Gasteiger partial charge in [0, 0.05) is 16.8 Å². The first-order chi connectivity index (χ1) is 11.3. The van der Waals surface area contributed by atoms with Crippen molar-refractivity contribution in [3.63, 3.8) is 0 Å². The molecular formula is C19H27N3S. The van der Waals surface area contributed by atoms with E-state index >= 15 is 0 Å². The van der Waals surface area contributed by atoms with Gasteiger partial charge in [-0.3, -0.25) is 4.90 Å². The van der Waals surface area contributed by atoms with E-state index in [1.54, 1.807) is 4.88 Å². The zero-order valence-corrected chi connectivity index (χ0v) is 15.0. The molecule has 0 radical (unpaired) electrons. The summed E-state index contributed by atoms with van der Waals surface area (Å²) < 4.78 is 0. The molecule has 23 heavy (non-hydrogen) atoms. The maximum atomic E-state index is 4.81. The van der Waals surface area contributed by atoms with Crippen molar-refractivity contribution < 1.29 is 0 Å². The summed E-state index contributed by atoms with van der Waals surface area (Å²) in [6, 6.07) is 2.43. The monoisotopic (exact) mass is 329 g/mol. The standard InChI is InChI=1S/C19H27N3S/c1-14-20-17(13-22-10-6-3-7-11-22)16-12-18(23-19(16)21-14)15-8-4-2-5-9-15/h12,15H,2-11,13H2,1H3. The molecule has 2 fully saturated rings. The Kier molecular flexibility index (Phi) is 4.63. The highest BCUT2D eigenvalue weighted by molar-refractivity contribution is 7.18. The van der Waals surface area contributed by atoms with Crippen molar-refractivity contribution in [3.8, 4) is 0 Å². The van der Waals surface area contributed by atoms with Gasteiger partial charge in [0.1, 0.15) is 10.7 Å². The molecular weight excluding hydrogens is 302 g/mol. The molecule has 3 heterocycles. The van der Waals surface area contributed by atoms with Crippen LogP contribution in [0.4, 0.5) is 0 Å². The fourth-order valence-corrected chi connectivity index (χ4v) is 5.42. The van der Waals surface area contributed by atoms with Gasteiger partial charge in [-0.25, -0.2) is 9.97 Å². The van der Waals surface area contributed by atoms with Gasteiger partial charge in [-0.05, 0) is 57.7 Å². The minimum absolute atomic E-state index is 0.770. The number of fused-ring (bicyclic) bond motifs is 1. The van der Waals surface area contributed by atoms with Crippen molar-refractivity contribution in [1.29, 1.82) is 0 Å². The Hall–Kier alpha value is -1.00. The third-order valence-electron chi connectivity index (χ3n) is 5.43. The molecule has 0 unspecified atom stereocenters. The Labute approximate surface area is 143 Å². The van der Waals surface area contributed by atoms with Gasteiger partial charge < -0.3 is 0 Å². The number of rotatable bonds is 3. The fourth-order valence-electron chi connectivity index (χ4n) is 4.16. The molecule has 4 heteroatoms. The van der Waals surface area contributed by atoms with Crippen molar-refractivity contribution in [1.82, 2.24) is 14.9 Å². The highest BCUT2D eigenvalue weighted by Crippen LogP contribution is 2.39. The molecule has 1 saturated carbocycles. The minimum Gasteiger partial charge on any atom is -0.297 e. The lowest BCUT2D eigenvalue weighted by Gasteiger charge is -2.26. The number of likely N-dealkylation sites (tertiary alicyclic amines) is 1. The second-order valence-corrected chi connectivity index (χ2v) is 8.32. The number of aryl methyl sites for hydroxylation is 1. The van der Waals surface area contributed by atoms with E-state index in [9.17, 15) is 0 Å². The number of aromatic nitrogens is 2. The summed E-state index contributed by atoms with van der Waals surface area (Å²) in [7, 11) is 0. The molecule has 0 N–H and O–H groups in total. The fraction of sp³-hybridized carbons (Fsp3) is 0.684. The largest absolute Gasteiger partial charge is 0.297 e. The van der Waals surface area contributed by atoms with E-state index in [1.807, 2.05) is 18.3 Å². The Balaban J connectivity index is 1.64. The van der Waals surface area contributed by atoms with Gasteiger partial charge in [0.25, 0.3) is 0 Å². The average Bonchev–Trinajstić information content (AvgIpc) is 3.01. The van der Waals surface area contributed by atoms with E-state index in [4.69, 9.17) is 9.97 Å². The van der Waals surface area contributed by atoms with Crippen LogP contribution in [-0.4, -0.2) is 28.0 Å². The molecule has 2 aromatic rings. The first kappa shape index (κ1) is 15.5.